The topological polar surface area (TPSA) is 0 Å². The van der Waals surface area contributed by atoms with Crippen molar-refractivity contribution in [3.8, 4) is 0 Å². The van der Waals surface area contributed by atoms with Crippen LogP contribution in [0.1, 0.15) is 83.1 Å². The summed E-state index contributed by atoms with van der Waals surface area (Å²) in [5.41, 5.74) is 3.52. The van der Waals surface area contributed by atoms with Gasteiger partial charge in [-0.2, -0.15) is 0 Å². The predicted molar refractivity (Wildman–Crippen MR) is 139 cm³/mol. The monoisotopic (exact) mass is 645 g/mol. The Labute approximate surface area is 216 Å². The van der Waals surface area contributed by atoms with Crippen LogP contribution in [0.3, 0.4) is 0 Å². The molecule has 0 aromatic heterocycles. The van der Waals surface area contributed by atoms with E-state index in [1.165, 1.54) is 76.2 Å². The Bertz CT molecular complexity index is 635. The van der Waals surface area contributed by atoms with Crippen molar-refractivity contribution in [2.75, 3.05) is 0 Å². The molecule has 0 N–H and O–H groups in total. The van der Waals surface area contributed by atoms with E-state index in [1.807, 2.05) is 0 Å². The fraction of sp³-hybridized carbons (Fsp3) is 0.636. The van der Waals surface area contributed by atoms with Crippen molar-refractivity contribution in [3.05, 3.63) is 42.0 Å². The summed E-state index contributed by atoms with van der Waals surface area (Å²) in [5, 5.41) is 1.75. The van der Waals surface area contributed by atoms with Gasteiger partial charge in [-0.25, -0.2) is 0 Å². The van der Waals surface area contributed by atoms with Crippen LogP contribution in [-0.2, 0) is 15.5 Å². The van der Waals surface area contributed by atoms with Crippen molar-refractivity contribution in [1.82, 2.24) is 0 Å². The van der Waals surface area contributed by atoms with Crippen LogP contribution in [0.2, 0.25) is 0 Å². The van der Waals surface area contributed by atoms with Crippen molar-refractivity contribution >= 4 is 54.5 Å². The van der Waals surface area contributed by atoms with E-state index >= 15 is 0 Å². The van der Waals surface area contributed by atoms with Crippen LogP contribution in [0, 0.1) is 0 Å². The molecule has 0 saturated heterocycles. The molecular weight excluding hydrogens is 615 g/mol. The van der Waals surface area contributed by atoms with Crippen LogP contribution in [0.4, 0.5) is 17.3 Å². The molecule has 0 bridgehead atoms. The Kier molecular flexibility index (Phi) is 16.5. The van der Waals surface area contributed by atoms with Crippen molar-refractivity contribution in [2.45, 2.75) is 88.9 Å². The van der Waals surface area contributed by atoms with Gasteiger partial charge in [0.25, 0.3) is 0 Å². The first kappa shape index (κ1) is 32.2. The van der Waals surface area contributed by atoms with Crippen molar-refractivity contribution < 1.29 is 32.8 Å². The molecule has 11 heteroatoms. The minimum absolute atomic E-state index is 0.0185. The molecule has 0 heterocycles. The second-order valence-corrected chi connectivity index (χ2v) is 33.4. The Hall–Kier alpha value is 1.22. The standard InChI is InChI=1S/C22H33P.BF4.4ClH.Zr/c1-2-12-22(19-13-6-3-7-14-19)23(20-15-8-4-9-16-20)21-17-10-5-11-18-21;2-1(3,4)5;;;;;/h3,6-7,12-14,20-21H,2,4-5,8-11,15-18H2,1H3;;4*1H;/q;-1;;;;;+4/p-4. The molecule has 2 fully saturated rings. The summed E-state index contributed by atoms with van der Waals surface area (Å²) in [6.07, 6.45) is 18.6. The molecule has 2 aliphatic carbocycles. The Morgan fingerprint density at radius 2 is 1.21 bits per heavy atom. The zero-order valence-electron chi connectivity index (χ0n) is 18.9. The van der Waals surface area contributed by atoms with Gasteiger partial charge in [0.1, 0.15) is 0 Å². The fourth-order valence-corrected chi connectivity index (χ4v) is 8.65. The normalized spacial score (nSPS) is 18.8. The van der Waals surface area contributed by atoms with Crippen LogP contribution < -0.4 is 0 Å². The summed E-state index contributed by atoms with van der Waals surface area (Å²) >= 11 is -3.29. The van der Waals surface area contributed by atoms with Crippen molar-refractivity contribution in [3.63, 3.8) is 0 Å². The zero-order valence-corrected chi connectivity index (χ0v) is 25.3. The molecule has 1 aromatic rings. The molecule has 1 aromatic carbocycles. The van der Waals surface area contributed by atoms with E-state index in [4.69, 9.17) is 34.1 Å². The molecule has 190 valence electrons. The summed E-state index contributed by atoms with van der Waals surface area (Å²) < 4.78 is 39.0. The second-order valence-electron chi connectivity index (χ2n) is 8.28. The number of hydrogen-bond donors (Lipinski definition) is 0. The molecule has 0 radical (unpaired) electrons. The van der Waals surface area contributed by atoms with Gasteiger partial charge in [-0.1, -0.05) is 89.8 Å². The molecule has 0 amide bonds. The fourth-order valence-electron chi connectivity index (χ4n) is 4.58. The van der Waals surface area contributed by atoms with Gasteiger partial charge in [0, 0.05) is 0 Å². The average molecular weight is 648 g/mol. The van der Waals surface area contributed by atoms with Gasteiger partial charge in [0.05, 0.1) is 0 Å². The number of benzene rings is 1. The Balaban J connectivity index is 0.000000460. The first-order valence-electron chi connectivity index (χ1n) is 11.6. The first-order chi connectivity index (χ1) is 15.4. The van der Waals surface area contributed by atoms with E-state index in [9.17, 15) is 17.3 Å². The maximum absolute atomic E-state index is 9.75. The third kappa shape index (κ3) is 16.6. The molecule has 0 unspecified atom stereocenters. The van der Waals surface area contributed by atoms with E-state index in [-0.39, 0.29) is 7.92 Å². The molecular formula is C22H33BCl4F4PZr-. The van der Waals surface area contributed by atoms with Gasteiger partial charge in [0.15, 0.2) is 0 Å². The van der Waals surface area contributed by atoms with Gasteiger partial charge in [-0.3, -0.25) is 0 Å². The number of hydrogen-bond acceptors (Lipinski definition) is 0. The number of halogens is 8. The van der Waals surface area contributed by atoms with Crippen LogP contribution >= 0.6 is 42.0 Å². The summed E-state index contributed by atoms with van der Waals surface area (Å²) in [4.78, 5) is 0. The molecule has 2 aliphatic rings. The third-order valence-corrected chi connectivity index (χ3v) is 9.28. The summed E-state index contributed by atoms with van der Waals surface area (Å²) in [5.74, 6) is 0. The number of allylic oxidation sites excluding steroid dienone is 1. The van der Waals surface area contributed by atoms with Gasteiger partial charge >= 0.3 is 56.8 Å². The molecule has 2 saturated carbocycles. The van der Waals surface area contributed by atoms with Crippen LogP contribution in [-0.4, -0.2) is 18.6 Å². The molecule has 33 heavy (non-hydrogen) atoms. The molecule has 0 spiro atoms. The molecule has 3 rings (SSSR count). The van der Waals surface area contributed by atoms with Crippen molar-refractivity contribution in [1.29, 1.82) is 0 Å². The first-order valence-corrected chi connectivity index (χ1v) is 25.7. The van der Waals surface area contributed by atoms with Gasteiger partial charge in [0.2, 0.25) is 0 Å². The molecule has 0 aliphatic heterocycles. The van der Waals surface area contributed by atoms with E-state index in [1.54, 1.807) is 5.31 Å². The predicted octanol–water partition coefficient (Wildman–Crippen LogP) is 11.6. The van der Waals surface area contributed by atoms with Crippen LogP contribution in [0.5, 0.6) is 0 Å². The van der Waals surface area contributed by atoms with Crippen LogP contribution in [0.15, 0.2) is 36.4 Å². The van der Waals surface area contributed by atoms with Gasteiger partial charge in [-0.15, -0.1) is 0 Å². The summed E-state index contributed by atoms with van der Waals surface area (Å²) in [7, 11) is 14.2. The number of rotatable bonds is 5. The third-order valence-electron chi connectivity index (χ3n) is 5.68. The van der Waals surface area contributed by atoms with E-state index in [0.29, 0.717) is 0 Å². The maximum atomic E-state index is 9.75. The van der Waals surface area contributed by atoms with Gasteiger partial charge < -0.3 is 17.3 Å². The zero-order chi connectivity index (χ0) is 24.9. The average Bonchev–Trinajstić information content (AvgIpc) is 2.73. The van der Waals surface area contributed by atoms with E-state index in [0.717, 1.165) is 11.3 Å². The Morgan fingerprint density at radius 1 is 0.848 bits per heavy atom. The van der Waals surface area contributed by atoms with Crippen molar-refractivity contribution in [2.24, 2.45) is 0 Å². The van der Waals surface area contributed by atoms with E-state index < -0.39 is 22.7 Å². The van der Waals surface area contributed by atoms with Crippen LogP contribution in [0.25, 0.3) is 5.31 Å². The second kappa shape index (κ2) is 16.9. The summed E-state index contributed by atoms with van der Waals surface area (Å²) in [6, 6.07) is 11.4. The van der Waals surface area contributed by atoms with Gasteiger partial charge in [-0.05, 0) is 54.3 Å². The Morgan fingerprint density at radius 3 is 1.55 bits per heavy atom. The summed E-state index contributed by atoms with van der Waals surface area (Å²) in [6.45, 7) is 2.32. The minimum atomic E-state index is -6.00. The van der Waals surface area contributed by atoms with E-state index in [2.05, 4.69) is 43.3 Å². The quantitative estimate of drug-likeness (QED) is 0.169. The molecule has 0 atom stereocenters. The SMILES string of the molecule is CCC=C(c1ccccc1)P(C1CCCCC1)C1CCCCC1.F[B-](F)(F)F.[Cl][Zr]([Cl])([Cl])[Cl]. The molecule has 0 nitrogen and oxygen atoms in total.